The van der Waals surface area contributed by atoms with E-state index >= 15 is 0 Å². The van der Waals surface area contributed by atoms with Crippen molar-refractivity contribution in [3.05, 3.63) is 71.3 Å². The van der Waals surface area contributed by atoms with Crippen LogP contribution in [0.1, 0.15) is 35.4 Å². The van der Waals surface area contributed by atoms with Crippen LogP contribution in [0.15, 0.2) is 54.6 Å². The SMILES string of the molecule is CS(=O)(=O)CCCCN1Cc2ccccc2C(c2ccccc2)C1. The first-order valence-electron chi connectivity index (χ1n) is 8.56. The van der Waals surface area contributed by atoms with E-state index in [2.05, 4.69) is 59.5 Å². The molecule has 0 amide bonds. The first-order chi connectivity index (χ1) is 11.5. The molecule has 2 aromatic carbocycles. The Morgan fingerprint density at radius 2 is 1.71 bits per heavy atom. The predicted octanol–water partition coefficient (Wildman–Crippen LogP) is 3.46. The van der Waals surface area contributed by atoms with E-state index in [-0.39, 0.29) is 0 Å². The standard InChI is InChI=1S/C20H25NO2S/c1-24(22,23)14-8-7-13-21-15-18-11-5-6-12-19(18)20(16-21)17-9-3-2-4-10-17/h2-6,9-12,20H,7-8,13-16H2,1H3. The lowest BCUT2D eigenvalue weighted by molar-refractivity contribution is 0.237. The normalized spacial score (nSPS) is 18.3. The molecule has 1 aliphatic heterocycles. The molecule has 2 aromatic rings. The zero-order valence-corrected chi connectivity index (χ0v) is 15.0. The van der Waals surface area contributed by atoms with Gasteiger partial charge in [0.2, 0.25) is 0 Å². The van der Waals surface area contributed by atoms with E-state index in [1.807, 2.05) is 0 Å². The molecule has 1 atom stereocenters. The summed E-state index contributed by atoms with van der Waals surface area (Å²) in [5.74, 6) is 0.686. The van der Waals surface area contributed by atoms with Gasteiger partial charge in [-0.3, -0.25) is 4.90 Å². The molecule has 1 unspecified atom stereocenters. The maximum Gasteiger partial charge on any atom is 0.147 e. The van der Waals surface area contributed by atoms with Crippen LogP contribution in [0.5, 0.6) is 0 Å². The third-order valence-electron chi connectivity index (χ3n) is 4.71. The largest absolute Gasteiger partial charge is 0.298 e. The summed E-state index contributed by atoms with van der Waals surface area (Å²) >= 11 is 0. The Balaban J connectivity index is 1.71. The van der Waals surface area contributed by atoms with Crippen LogP contribution in [0, 0.1) is 0 Å². The number of hydrogen-bond acceptors (Lipinski definition) is 3. The van der Waals surface area contributed by atoms with Crippen molar-refractivity contribution in [3.63, 3.8) is 0 Å². The molecule has 0 saturated heterocycles. The molecule has 24 heavy (non-hydrogen) atoms. The Bertz CT molecular complexity index is 771. The molecular formula is C20H25NO2S. The van der Waals surface area contributed by atoms with Gasteiger partial charge in [-0.2, -0.15) is 0 Å². The number of sulfone groups is 1. The van der Waals surface area contributed by atoms with Crippen molar-refractivity contribution in [3.8, 4) is 0 Å². The third kappa shape index (κ3) is 4.46. The van der Waals surface area contributed by atoms with E-state index in [1.54, 1.807) is 0 Å². The highest BCUT2D eigenvalue weighted by atomic mass is 32.2. The highest BCUT2D eigenvalue weighted by Gasteiger charge is 2.25. The van der Waals surface area contributed by atoms with E-state index in [0.29, 0.717) is 11.7 Å². The summed E-state index contributed by atoms with van der Waals surface area (Å²) in [5, 5.41) is 0. The fourth-order valence-electron chi connectivity index (χ4n) is 3.52. The second-order valence-electron chi connectivity index (χ2n) is 6.73. The van der Waals surface area contributed by atoms with Crippen LogP contribution in [-0.2, 0) is 16.4 Å². The van der Waals surface area contributed by atoms with Crippen molar-refractivity contribution in [1.82, 2.24) is 4.90 Å². The van der Waals surface area contributed by atoms with Gasteiger partial charge in [0.1, 0.15) is 9.84 Å². The van der Waals surface area contributed by atoms with Gasteiger partial charge in [-0.05, 0) is 36.1 Å². The summed E-state index contributed by atoms with van der Waals surface area (Å²) in [7, 11) is -2.85. The Hall–Kier alpha value is -1.65. The van der Waals surface area contributed by atoms with E-state index in [4.69, 9.17) is 0 Å². The predicted molar refractivity (Wildman–Crippen MR) is 98.9 cm³/mol. The zero-order chi connectivity index (χ0) is 17.0. The van der Waals surface area contributed by atoms with Crippen LogP contribution < -0.4 is 0 Å². The Morgan fingerprint density at radius 3 is 2.46 bits per heavy atom. The Morgan fingerprint density at radius 1 is 1.00 bits per heavy atom. The number of nitrogens with zero attached hydrogens (tertiary/aromatic N) is 1. The van der Waals surface area contributed by atoms with Gasteiger partial charge < -0.3 is 0 Å². The van der Waals surface area contributed by atoms with Crippen LogP contribution in [0.3, 0.4) is 0 Å². The highest BCUT2D eigenvalue weighted by Crippen LogP contribution is 2.33. The van der Waals surface area contributed by atoms with Crippen molar-refractivity contribution in [1.29, 1.82) is 0 Å². The minimum absolute atomic E-state index is 0.291. The van der Waals surface area contributed by atoms with E-state index in [9.17, 15) is 8.42 Å². The molecule has 0 radical (unpaired) electrons. The minimum atomic E-state index is -2.85. The Kier molecular flexibility index (Phi) is 5.36. The van der Waals surface area contributed by atoms with Crippen LogP contribution in [-0.4, -0.2) is 38.4 Å². The first-order valence-corrected chi connectivity index (χ1v) is 10.6. The van der Waals surface area contributed by atoms with Gasteiger partial charge in [0.05, 0.1) is 0 Å². The van der Waals surface area contributed by atoms with Crippen LogP contribution >= 0.6 is 0 Å². The molecule has 0 fully saturated rings. The zero-order valence-electron chi connectivity index (χ0n) is 14.2. The maximum atomic E-state index is 11.3. The first kappa shape index (κ1) is 17.2. The summed E-state index contributed by atoms with van der Waals surface area (Å²) in [4.78, 5) is 2.46. The topological polar surface area (TPSA) is 37.4 Å². The van der Waals surface area contributed by atoms with Gasteiger partial charge in [-0.25, -0.2) is 8.42 Å². The summed E-state index contributed by atoms with van der Waals surface area (Å²) in [6.45, 7) is 2.91. The molecule has 3 rings (SSSR count). The molecule has 1 aliphatic rings. The lowest BCUT2D eigenvalue weighted by Crippen LogP contribution is -2.34. The molecule has 0 aliphatic carbocycles. The van der Waals surface area contributed by atoms with Gasteiger partial charge in [0, 0.05) is 31.0 Å². The van der Waals surface area contributed by atoms with Crippen molar-refractivity contribution in [2.75, 3.05) is 25.1 Å². The number of unbranched alkanes of at least 4 members (excludes halogenated alkanes) is 1. The molecule has 3 nitrogen and oxygen atoms in total. The Labute approximate surface area is 145 Å². The van der Waals surface area contributed by atoms with Gasteiger partial charge in [0.25, 0.3) is 0 Å². The molecule has 0 spiro atoms. The maximum absolute atomic E-state index is 11.3. The minimum Gasteiger partial charge on any atom is -0.298 e. The third-order valence-corrected chi connectivity index (χ3v) is 5.74. The smallest absolute Gasteiger partial charge is 0.147 e. The second-order valence-corrected chi connectivity index (χ2v) is 8.99. The fourth-order valence-corrected chi connectivity index (χ4v) is 4.25. The van der Waals surface area contributed by atoms with Gasteiger partial charge in [-0.1, -0.05) is 54.6 Å². The number of hydrogen-bond donors (Lipinski definition) is 0. The van der Waals surface area contributed by atoms with Gasteiger partial charge >= 0.3 is 0 Å². The molecular weight excluding hydrogens is 318 g/mol. The van der Waals surface area contributed by atoms with Gasteiger partial charge in [-0.15, -0.1) is 0 Å². The average molecular weight is 343 g/mol. The van der Waals surface area contributed by atoms with Crippen molar-refractivity contribution in [2.24, 2.45) is 0 Å². The monoisotopic (exact) mass is 343 g/mol. The van der Waals surface area contributed by atoms with E-state index in [1.165, 1.54) is 22.9 Å². The molecule has 0 N–H and O–H groups in total. The van der Waals surface area contributed by atoms with Crippen molar-refractivity contribution >= 4 is 9.84 Å². The second kappa shape index (κ2) is 7.49. The summed E-state index contributed by atoms with van der Waals surface area (Å²) in [6, 6.07) is 19.4. The number of fused-ring (bicyclic) bond motifs is 1. The quantitative estimate of drug-likeness (QED) is 0.754. The van der Waals surface area contributed by atoms with Gasteiger partial charge in [0.15, 0.2) is 0 Å². The van der Waals surface area contributed by atoms with E-state index in [0.717, 1.165) is 32.5 Å². The highest BCUT2D eigenvalue weighted by molar-refractivity contribution is 7.90. The molecule has 0 bridgehead atoms. The van der Waals surface area contributed by atoms with Crippen LogP contribution in [0.25, 0.3) is 0 Å². The fraction of sp³-hybridized carbons (Fsp3) is 0.400. The number of rotatable bonds is 6. The lowest BCUT2D eigenvalue weighted by Gasteiger charge is -2.35. The summed E-state index contributed by atoms with van der Waals surface area (Å²) in [5.41, 5.74) is 4.17. The number of benzene rings is 2. The molecule has 128 valence electrons. The van der Waals surface area contributed by atoms with Crippen molar-refractivity contribution in [2.45, 2.75) is 25.3 Å². The summed E-state index contributed by atoms with van der Waals surface area (Å²) < 4.78 is 22.5. The molecule has 0 saturated carbocycles. The lowest BCUT2D eigenvalue weighted by atomic mass is 9.84. The molecule has 0 aromatic heterocycles. The summed E-state index contributed by atoms with van der Waals surface area (Å²) in [6.07, 6.45) is 2.99. The van der Waals surface area contributed by atoms with Crippen LogP contribution in [0.2, 0.25) is 0 Å². The molecule has 4 heteroatoms. The van der Waals surface area contributed by atoms with Crippen molar-refractivity contribution < 1.29 is 8.42 Å². The molecule has 1 heterocycles. The average Bonchev–Trinajstić information content (AvgIpc) is 2.58. The van der Waals surface area contributed by atoms with Crippen LogP contribution in [0.4, 0.5) is 0 Å². The van der Waals surface area contributed by atoms with E-state index < -0.39 is 9.84 Å².